The topological polar surface area (TPSA) is 25.2 Å². The van der Waals surface area contributed by atoms with E-state index in [2.05, 4.69) is 45.1 Å². The molecule has 0 amide bonds. The van der Waals surface area contributed by atoms with Crippen molar-refractivity contribution in [1.29, 1.82) is 0 Å². The molecule has 98 valence electrons. The summed E-state index contributed by atoms with van der Waals surface area (Å²) in [5, 5.41) is 3.58. The Morgan fingerprint density at radius 2 is 2.06 bits per heavy atom. The van der Waals surface area contributed by atoms with Crippen molar-refractivity contribution in [2.75, 3.05) is 6.54 Å². The zero-order chi connectivity index (χ0) is 13.1. The van der Waals surface area contributed by atoms with Crippen LogP contribution < -0.4 is 5.32 Å². The number of thiophene rings is 1. The summed E-state index contributed by atoms with van der Waals surface area (Å²) >= 11 is 1.86. The van der Waals surface area contributed by atoms with Gasteiger partial charge in [0.15, 0.2) is 0 Å². The molecule has 0 spiro atoms. The highest BCUT2D eigenvalue weighted by atomic mass is 32.1. The Morgan fingerprint density at radius 3 is 2.61 bits per heavy atom. The van der Waals surface area contributed by atoms with Crippen LogP contribution in [0.2, 0.25) is 0 Å². The number of aryl methyl sites for hydroxylation is 3. The Balaban J connectivity index is 2.42. The molecule has 3 heteroatoms. The average Bonchev–Trinajstić information content (AvgIpc) is 2.92. The molecule has 0 saturated carbocycles. The van der Waals surface area contributed by atoms with E-state index in [1.165, 1.54) is 20.9 Å². The van der Waals surface area contributed by atoms with Crippen LogP contribution in [0.3, 0.4) is 0 Å². The number of hydrogen-bond acceptors (Lipinski definition) is 3. The van der Waals surface area contributed by atoms with Crippen molar-refractivity contribution in [3.8, 4) is 0 Å². The van der Waals surface area contributed by atoms with E-state index in [0.29, 0.717) is 0 Å². The predicted molar refractivity (Wildman–Crippen MR) is 77.4 cm³/mol. The van der Waals surface area contributed by atoms with Crippen LogP contribution in [-0.4, -0.2) is 6.54 Å². The Kier molecular flexibility index (Phi) is 4.25. The fourth-order valence-corrected chi connectivity index (χ4v) is 3.39. The van der Waals surface area contributed by atoms with E-state index < -0.39 is 0 Å². The number of furan rings is 1. The SMILES string of the molecule is CCNC(c1ccoc1CC)c1cc(C)sc1C. The van der Waals surface area contributed by atoms with E-state index >= 15 is 0 Å². The van der Waals surface area contributed by atoms with Crippen molar-refractivity contribution in [2.24, 2.45) is 0 Å². The van der Waals surface area contributed by atoms with Gasteiger partial charge in [-0.3, -0.25) is 0 Å². The molecular formula is C15H21NOS. The predicted octanol–water partition coefficient (Wildman–Crippen LogP) is 4.22. The molecule has 0 fully saturated rings. The zero-order valence-electron chi connectivity index (χ0n) is 11.5. The third-order valence-corrected chi connectivity index (χ3v) is 4.19. The molecule has 18 heavy (non-hydrogen) atoms. The monoisotopic (exact) mass is 263 g/mol. The summed E-state index contributed by atoms with van der Waals surface area (Å²) < 4.78 is 5.57. The first kappa shape index (κ1) is 13.4. The van der Waals surface area contributed by atoms with Crippen LogP contribution in [0, 0.1) is 13.8 Å². The first-order chi connectivity index (χ1) is 8.67. The lowest BCUT2D eigenvalue weighted by Crippen LogP contribution is -2.22. The molecule has 0 aromatic carbocycles. The van der Waals surface area contributed by atoms with Gasteiger partial charge < -0.3 is 9.73 Å². The van der Waals surface area contributed by atoms with Crippen LogP contribution in [0.15, 0.2) is 22.8 Å². The van der Waals surface area contributed by atoms with Crippen molar-refractivity contribution in [2.45, 2.75) is 40.2 Å². The molecule has 0 aliphatic carbocycles. The van der Waals surface area contributed by atoms with Crippen molar-refractivity contribution in [1.82, 2.24) is 5.32 Å². The summed E-state index contributed by atoms with van der Waals surface area (Å²) in [6.45, 7) is 9.60. The second-order valence-corrected chi connectivity index (χ2v) is 5.97. The second kappa shape index (κ2) is 5.72. The molecule has 1 N–H and O–H groups in total. The highest BCUT2D eigenvalue weighted by molar-refractivity contribution is 7.12. The van der Waals surface area contributed by atoms with Gasteiger partial charge in [-0.25, -0.2) is 0 Å². The van der Waals surface area contributed by atoms with Crippen molar-refractivity contribution in [3.05, 3.63) is 45.0 Å². The summed E-state index contributed by atoms with van der Waals surface area (Å²) in [5.41, 5.74) is 2.66. The molecule has 2 heterocycles. The van der Waals surface area contributed by atoms with Gasteiger partial charge in [-0.15, -0.1) is 11.3 Å². The lowest BCUT2D eigenvalue weighted by molar-refractivity contribution is 0.502. The summed E-state index contributed by atoms with van der Waals surface area (Å²) in [5.74, 6) is 1.09. The third kappa shape index (κ3) is 2.52. The number of nitrogens with one attached hydrogen (secondary N) is 1. The van der Waals surface area contributed by atoms with E-state index in [-0.39, 0.29) is 6.04 Å². The largest absolute Gasteiger partial charge is 0.469 e. The molecule has 0 aliphatic heterocycles. The van der Waals surface area contributed by atoms with Gasteiger partial charge in [0.05, 0.1) is 12.3 Å². The van der Waals surface area contributed by atoms with Gasteiger partial charge in [0.2, 0.25) is 0 Å². The molecule has 2 rings (SSSR count). The molecular weight excluding hydrogens is 242 g/mol. The van der Waals surface area contributed by atoms with E-state index in [1.807, 2.05) is 11.3 Å². The van der Waals surface area contributed by atoms with Crippen LogP contribution in [-0.2, 0) is 6.42 Å². The molecule has 1 unspecified atom stereocenters. The van der Waals surface area contributed by atoms with Crippen molar-refractivity contribution in [3.63, 3.8) is 0 Å². The lowest BCUT2D eigenvalue weighted by Gasteiger charge is -2.18. The van der Waals surface area contributed by atoms with Crippen LogP contribution in [0.5, 0.6) is 0 Å². The maximum atomic E-state index is 5.57. The quantitative estimate of drug-likeness (QED) is 0.873. The van der Waals surface area contributed by atoms with Gasteiger partial charge in [0, 0.05) is 21.7 Å². The molecule has 1 atom stereocenters. The Labute approximate surface area is 113 Å². The lowest BCUT2D eigenvalue weighted by atomic mass is 9.98. The molecule has 0 saturated heterocycles. The minimum Gasteiger partial charge on any atom is -0.469 e. The van der Waals surface area contributed by atoms with E-state index in [1.54, 1.807) is 6.26 Å². The maximum absolute atomic E-state index is 5.57. The Morgan fingerprint density at radius 1 is 1.28 bits per heavy atom. The van der Waals surface area contributed by atoms with E-state index in [9.17, 15) is 0 Å². The standard InChI is InChI=1S/C15H21NOS/c1-5-14-12(7-8-17-14)15(16-6-2)13-9-10(3)18-11(13)4/h7-9,15-16H,5-6H2,1-4H3. The minimum absolute atomic E-state index is 0.258. The van der Waals surface area contributed by atoms with Gasteiger partial charge in [-0.05, 0) is 38.1 Å². The molecule has 0 radical (unpaired) electrons. The summed E-state index contributed by atoms with van der Waals surface area (Å²) in [6, 6.07) is 4.65. The highest BCUT2D eigenvalue weighted by Crippen LogP contribution is 2.32. The van der Waals surface area contributed by atoms with Gasteiger partial charge in [0.1, 0.15) is 5.76 Å². The smallest absolute Gasteiger partial charge is 0.108 e. The number of hydrogen-bond donors (Lipinski definition) is 1. The first-order valence-electron chi connectivity index (χ1n) is 6.53. The Hall–Kier alpha value is -1.06. The van der Waals surface area contributed by atoms with Crippen LogP contribution in [0.1, 0.15) is 46.5 Å². The van der Waals surface area contributed by atoms with Crippen LogP contribution in [0.4, 0.5) is 0 Å². The number of rotatable bonds is 5. The van der Waals surface area contributed by atoms with Crippen LogP contribution >= 0.6 is 11.3 Å². The molecule has 0 aliphatic rings. The minimum atomic E-state index is 0.258. The van der Waals surface area contributed by atoms with E-state index in [0.717, 1.165) is 18.7 Å². The second-order valence-electron chi connectivity index (χ2n) is 4.51. The molecule has 2 nitrogen and oxygen atoms in total. The van der Waals surface area contributed by atoms with E-state index in [4.69, 9.17) is 4.42 Å². The summed E-state index contributed by atoms with van der Waals surface area (Å²) in [6.07, 6.45) is 2.74. The summed E-state index contributed by atoms with van der Waals surface area (Å²) in [7, 11) is 0. The first-order valence-corrected chi connectivity index (χ1v) is 7.35. The van der Waals surface area contributed by atoms with Gasteiger partial charge in [-0.1, -0.05) is 13.8 Å². The fraction of sp³-hybridized carbons (Fsp3) is 0.467. The molecule has 0 bridgehead atoms. The van der Waals surface area contributed by atoms with Crippen LogP contribution in [0.25, 0.3) is 0 Å². The molecule has 2 aromatic heterocycles. The fourth-order valence-electron chi connectivity index (χ4n) is 2.42. The normalized spacial score (nSPS) is 12.9. The average molecular weight is 263 g/mol. The van der Waals surface area contributed by atoms with Gasteiger partial charge >= 0.3 is 0 Å². The van der Waals surface area contributed by atoms with Crippen molar-refractivity contribution >= 4 is 11.3 Å². The Bertz CT molecular complexity index is 512. The van der Waals surface area contributed by atoms with Gasteiger partial charge in [0.25, 0.3) is 0 Å². The van der Waals surface area contributed by atoms with Gasteiger partial charge in [-0.2, -0.15) is 0 Å². The maximum Gasteiger partial charge on any atom is 0.108 e. The third-order valence-electron chi connectivity index (χ3n) is 3.21. The summed E-state index contributed by atoms with van der Waals surface area (Å²) in [4.78, 5) is 2.76. The highest BCUT2D eigenvalue weighted by Gasteiger charge is 2.21. The zero-order valence-corrected chi connectivity index (χ0v) is 12.4. The van der Waals surface area contributed by atoms with Crippen molar-refractivity contribution < 1.29 is 4.42 Å². The molecule has 2 aromatic rings.